The van der Waals surface area contributed by atoms with Gasteiger partial charge in [0.05, 0.1) is 6.10 Å². The molecule has 0 bridgehead atoms. The van der Waals surface area contributed by atoms with Crippen LogP contribution in [0.5, 0.6) is 0 Å². The van der Waals surface area contributed by atoms with Crippen molar-refractivity contribution < 1.29 is 9.53 Å². The van der Waals surface area contributed by atoms with Crippen LogP contribution >= 0.6 is 0 Å². The number of hydrogen-bond donors (Lipinski definition) is 2. The Hall–Kier alpha value is -1.39. The fourth-order valence-electron chi connectivity index (χ4n) is 3.23. The van der Waals surface area contributed by atoms with E-state index in [-0.39, 0.29) is 11.9 Å². The minimum Gasteiger partial charge on any atom is -0.378 e. The van der Waals surface area contributed by atoms with E-state index in [1.165, 1.54) is 6.42 Å². The maximum Gasteiger partial charge on any atom is 0.251 e. The fourth-order valence-corrected chi connectivity index (χ4v) is 3.23. The Morgan fingerprint density at radius 2 is 2.29 bits per heavy atom. The molecular formula is C17H24N2O2. The monoisotopic (exact) mass is 288 g/mol. The third-order valence-electron chi connectivity index (χ3n) is 4.54. The van der Waals surface area contributed by atoms with E-state index in [1.54, 1.807) is 0 Å². The third-order valence-corrected chi connectivity index (χ3v) is 4.54. The average molecular weight is 288 g/mol. The Kier molecular flexibility index (Phi) is 4.56. The molecule has 3 rings (SSSR count). The highest BCUT2D eigenvalue weighted by Crippen LogP contribution is 2.25. The van der Waals surface area contributed by atoms with E-state index in [4.69, 9.17) is 10.5 Å². The average Bonchev–Trinajstić information content (AvgIpc) is 2.95. The van der Waals surface area contributed by atoms with E-state index in [0.717, 1.165) is 61.9 Å². The lowest BCUT2D eigenvalue weighted by molar-refractivity contribution is 0.0955. The lowest BCUT2D eigenvalue weighted by Crippen LogP contribution is -2.23. The van der Waals surface area contributed by atoms with Crippen molar-refractivity contribution in [1.29, 1.82) is 0 Å². The molecule has 0 saturated carbocycles. The summed E-state index contributed by atoms with van der Waals surface area (Å²) in [7, 11) is 0. The first-order valence-electron chi connectivity index (χ1n) is 8.02. The summed E-state index contributed by atoms with van der Waals surface area (Å²) in [6, 6.07) is 6.12. The Bertz CT molecular complexity index is 510. The highest BCUT2D eigenvalue weighted by molar-refractivity contribution is 5.96. The number of hydrogen-bond acceptors (Lipinski definition) is 3. The van der Waals surface area contributed by atoms with E-state index in [1.807, 2.05) is 6.07 Å². The molecule has 0 radical (unpaired) electrons. The van der Waals surface area contributed by atoms with Crippen LogP contribution < -0.4 is 11.1 Å². The molecular weight excluding hydrogens is 264 g/mol. The molecule has 0 spiro atoms. The van der Waals surface area contributed by atoms with Gasteiger partial charge >= 0.3 is 0 Å². The number of benzene rings is 1. The third kappa shape index (κ3) is 3.44. The minimum absolute atomic E-state index is 0.0180. The van der Waals surface area contributed by atoms with Gasteiger partial charge in [0.2, 0.25) is 0 Å². The lowest BCUT2D eigenvalue weighted by Gasteiger charge is -2.16. The number of aryl methyl sites for hydroxylation is 1. The highest BCUT2D eigenvalue weighted by Gasteiger charge is 2.19. The zero-order valence-electron chi connectivity index (χ0n) is 12.4. The van der Waals surface area contributed by atoms with Crippen LogP contribution in [0.3, 0.4) is 0 Å². The van der Waals surface area contributed by atoms with Gasteiger partial charge in [-0.3, -0.25) is 4.79 Å². The summed E-state index contributed by atoms with van der Waals surface area (Å²) in [5.41, 5.74) is 9.30. The molecule has 1 amide bonds. The molecule has 1 fully saturated rings. The first-order chi connectivity index (χ1) is 10.2. The molecule has 1 aromatic carbocycles. The van der Waals surface area contributed by atoms with Crippen LogP contribution in [0, 0.1) is 0 Å². The number of ether oxygens (including phenoxy) is 1. The number of nitrogens with two attached hydrogens (primary N) is 1. The zero-order chi connectivity index (χ0) is 14.7. The first-order valence-corrected chi connectivity index (χ1v) is 8.02. The molecule has 114 valence electrons. The molecule has 2 aliphatic heterocycles. The van der Waals surface area contributed by atoms with Crippen LogP contribution in [0.4, 0.5) is 0 Å². The Labute approximate surface area is 126 Å². The second kappa shape index (κ2) is 6.58. The summed E-state index contributed by atoms with van der Waals surface area (Å²) in [6.07, 6.45) is 6.57. The molecule has 21 heavy (non-hydrogen) atoms. The van der Waals surface area contributed by atoms with Gasteiger partial charge in [-0.15, -0.1) is 0 Å². The quantitative estimate of drug-likeness (QED) is 0.893. The van der Waals surface area contributed by atoms with Crippen molar-refractivity contribution in [3.63, 3.8) is 0 Å². The first kappa shape index (κ1) is 14.5. The summed E-state index contributed by atoms with van der Waals surface area (Å²) in [6.45, 7) is 1.65. The molecule has 2 aliphatic rings. The van der Waals surface area contributed by atoms with Gasteiger partial charge in [0.15, 0.2) is 0 Å². The number of amides is 1. The molecule has 1 aromatic rings. The molecule has 0 aromatic heterocycles. The standard InChI is InChI=1S/C17H24N2O2/c18-16(8-7-14-4-2-10-21-14)13-6-5-12-3-1-9-19-17(20)15(12)11-13/h5-6,11,14,16H,1-4,7-10,18H2,(H,19,20). The maximum atomic E-state index is 12.1. The summed E-state index contributed by atoms with van der Waals surface area (Å²) < 4.78 is 5.64. The van der Waals surface area contributed by atoms with Crippen molar-refractivity contribution in [3.05, 3.63) is 34.9 Å². The molecule has 2 unspecified atom stereocenters. The van der Waals surface area contributed by atoms with Crippen LogP contribution in [-0.4, -0.2) is 25.2 Å². The summed E-state index contributed by atoms with van der Waals surface area (Å²) in [5.74, 6) is 0.0377. The fraction of sp³-hybridized carbons (Fsp3) is 0.588. The summed E-state index contributed by atoms with van der Waals surface area (Å²) in [4.78, 5) is 12.1. The molecule has 0 aliphatic carbocycles. The van der Waals surface area contributed by atoms with Crippen molar-refractivity contribution in [1.82, 2.24) is 5.32 Å². The normalized spacial score (nSPS) is 23.3. The van der Waals surface area contributed by atoms with Gasteiger partial charge in [0, 0.05) is 24.8 Å². The van der Waals surface area contributed by atoms with Crippen LogP contribution in [0.25, 0.3) is 0 Å². The predicted octanol–water partition coefficient (Wildman–Crippen LogP) is 2.32. The SMILES string of the molecule is NC(CCC1CCCO1)c1ccc2c(c1)C(=O)NCCC2. The maximum absolute atomic E-state index is 12.1. The number of carbonyl (C=O) groups excluding carboxylic acids is 1. The minimum atomic E-state index is -0.0180. The van der Waals surface area contributed by atoms with Gasteiger partial charge in [-0.05, 0) is 55.7 Å². The smallest absolute Gasteiger partial charge is 0.251 e. The molecule has 2 atom stereocenters. The predicted molar refractivity (Wildman–Crippen MR) is 82.2 cm³/mol. The van der Waals surface area contributed by atoms with Gasteiger partial charge in [0.1, 0.15) is 0 Å². The summed E-state index contributed by atoms with van der Waals surface area (Å²) in [5, 5.41) is 2.94. The van der Waals surface area contributed by atoms with Crippen LogP contribution in [0.1, 0.15) is 59.6 Å². The molecule has 4 nitrogen and oxygen atoms in total. The van der Waals surface area contributed by atoms with E-state index >= 15 is 0 Å². The number of rotatable bonds is 4. The van der Waals surface area contributed by atoms with Crippen molar-refractivity contribution in [3.8, 4) is 0 Å². The zero-order valence-corrected chi connectivity index (χ0v) is 12.4. The molecule has 3 N–H and O–H groups in total. The number of fused-ring (bicyclic) bond motifs is 1. The Morgan fingerprint density at radius 3 is 3.10 bits per heavy atom. The number of carbonyl (C=O) groups is 1. The van der Waals surface area contributed by atoms with Gasteiger partial charge < -0.3 is 15.8 Å². The van der Waals surface area contributed by atoms with Crippen LogP contribution in [-0.2, 0) is 11.2 Å². The van der Waals surface area contributed by atoms with E-state index in [0.29, 0.717) is 6.10 Å². The molecule has 2 heterocycles. The van der Waals surface area contributed by atoms with Gasteiger partial charge in [-0.2, -0.15) is 0 Å². The van der Waals surface area contributed by atoms with Gasteiger partial charge in [-0.1, -0.05) is 12.1 Å². The van der Waals surface area contributed by atoms with Crippen molar-refractivity contribution in [2.24, 2.45) is 5.73 Å². The van der Waals surface area contributed by atoms with E-state index < -0.39 is 0 Å². The van der Waals surface area contributed by atoms with E-state index in [9.17, 15) is 4.79 Å². The topological polar surface area (TPSA) is 64.3 Å². The molecule has 4 heteroatoms. The van der Waals surface area contributed by atoms with Crippen molar-refractivity contribution in [2.45, 2.75) is 50.7 Å². The van der Waals surface area contributed by atoms with Crippen molar-refractivity contribution >= 4 is 5.91 Å². The van der Waals surface area contributed by atoms with Gasteiger partial charge in [-0.25, -0.2) is 0 Å². The Balaban J connectivity index is 1.68. The molecule has 1 saturated heterocycles. The Morgan fingerprint density at radius 1 is 1.38 bits per heavy atom. The van der Waals surface area contributed by atoms with Crippen LogP contribution in [0.15, 0.2) is 18.2 Å². The second-order valence-electron chi connectivity index (χ2n) is 6.09. The summed E-state index contributed by atoms with van der Waals surface area (Å²) >= 11 is 0. The second-order valence-corrected chi connectivity index (χ2v) is 6.09. The van der Waals surface area contributed by atoms with E-state index in [2.05, 4.69) is 17.4 Å². The van der Waals surface area contributed by atoms with Gasteiger partial charge in [0.25, 0.3) is 5.91 Å². The van der Waals surface area contributed by atoms with Crippen LogP contribution in [0.2, 0.25) is 0 Å². The van der Waals surface area contributed by atoms with Crippen molar-refractivity contribution in [2.75, 3.05) is 13.2 Å². The lowest BCUT2D eigenvalue weighted by atomic mass is 9.95. The largest absolute Gasteiger partial charge is 0.378 e. The number of nitrogens with one attached hydrogen (secondary N) is 1. The highest BCUT2D eigenvalue weighted by atomic mass is 16.5.